The Morgan fingerprint density at radius 2 is 1.43 bits per heavy atom. The van der Waals surface area contributed by atoms with E-state index in [1.807, 2.05) is 0 Å². The van der Waals surface area contributed by atoms with E-state index >= 15 is 0 Å². The Morgan fingerprint density at radius 1 is 0.674 bits per heavy atom. The summed E-state index contributed by atoms with van der Waals surface area (Å²) in [6.45, 7) is 7.58. The maximum absolute atomic E-state index is 2.75. The summed E-state index contributed by atoms with van der Waals surface area (Å²) in [5.74, 6) is 0.908. The molecule has 1 aliphatic heterocycles. The van der Waals surface area contributed by atoms with Gasteiger partial charge in [0.2, 0.25) is 0 Å². The Kier molecular flexibility index (Phi) is 5.22. The van der Waals surface area contributed by atoms with Gasteiger partial charge in [0.25, 0.3) is 0 Å². The van der Waals surface area contributed by atoms with Gasteiger partial charge < -0.3 is 4.90 Å². The zero-order valence-electron chi connectivity index (χ0n) is 26.7. The van der Waals surface area contributed by atoms with Gasteiger partial charge in [-0.25, -0.2) is 0 Å². The number of fused-ring (bicyclic) bond motifs is 9. The second-order valence-electron chi connectivity index (χ2n) is 14.5. The number of nitrogens with zero attached hydrogens (tertiary/aromatic N) is 1. The minimum absolute atomic E-state index is 0.00999. The third kappa shape index (κ3) is 3.16. The first kappa shape index (κ1) is 26.3. The first-order chi connectivity index (χ1) is 22.5. The Morgan fingerprint density at radius 3 is 2.33 bits per heavy atom. The maximum atomic E-state index is 2.75. The number of anilines is 2. The third-order valence-electron chi connectivity index (χ3n) is 12.1. The smallest absolute Gasteiger partial charge is 0.0604 e. The lowest BCUT2D eigenvalue weighted by Gasteiger charge is -2.52. The number of rotatable bonds is 2. The summed E-state index contributed by atoms with van der Waals surface area (Å²) in [6, 6.07) is 41.2. The Labute approximate surface area is 271 Å². The van der Waals surface area contributed by atoms with E-state index in [9.17, 15) is 0 Å². The Hall–Kier alpha value is -4.88. The molecule has 5 aliphatic rings. The summed E-state index contributed by atoms with van der Waals surface area (Å²) in [7, 11) is 0. The zero-order valence-corrected chi connectivity index (χ0v) is 26.7. The molecule has 0 bridgehead atoms. The maximum Gasteiger partial charge on any atom is 0.0604 e. The molecule has 10 rings (SSSR count). The summed E-state index contributed by atoms with van der Waals surface area (Å²) in [5, 5.41) is 2.58. The second kappa shape index (κ2) is 9.10. The van der Waals surface area contributed by atoms with E-state index < -0.39 is 0 Å². The first-order valence-electron chi connectivity index (χ1n) is 16.9. The number of benzene rings is 5. The summed E-state index contributed by atoms with van der Waals surface area (Å²) in [4.78, 5) is 2.75. The molecule has 0 N–H and O–H groups in total. The third-order valence-corrected chi connectivity index (χ3v) is 12.1. The average Bonchev–Trinajstić information content (AvgIpc) is 3.51. The lowest BCUT2D eigenvalue weighted by atomic mass is 9.61. The van der Waals surface area contributed by atoms with Crippen molar-refractivity contribution in [2.45, 2.75) is 38.6 Å². The molecule has 5 aromatic carbocycles. The van der Waals surface area contributed by atoms with E-state index in [-0.39, 0.29) is 16.9 Å². The largest absolute Gasteiger partial charge is 0.333 e. The van der Waals surface area contributed by atoms with Crippen LogP contribution in [0.4, 0.5) is 11.4 Å². The molecule has 5 aromatic rings. The fourth-order valence-corrected chi connectivity index (χ4v) is 10.3. The van der Waals surface area contributed by atoms with E-state index in [1.54, 1.807) is 16.7 Å². The second-order valence-corrected chi connectivity index (χ2v) is 14.5. The van der Waals surface area contributed by atoms with Crippen molar-refractivity contribution in [1.29, 1.82) is 0 Å². The van der Waals surface area contributed by atoms with Gasteiger partial charge in [0.1, 0.15) is 0 Å². The van der Waals surface area contributed by atoms with Crippen LogP contribution in [0.1, 0.15) is 38.3 Å². The highest BCUT2D eigenvalue weighted by Gasteiger charge is 2.58. The van der Waals surface area contributed by atoms with Crippen molar-refractivity contribution in [2.75, 3.05) is 4.90 Å². The van der Waals surface area contributed by atoms with Crippen LogP contribution in [0.15, 0.2) is 156 Å². The average molecular weight is 592 g/mol. The van der Waals surface area contributed by atoms with E-state index in [2.05, 4.69) is 165 Å². The van der Waals surface area contributed by atoms with E-state index in [1.165, 1.54) is 55.5 Å². The van der Waals surface area contributed by atoms with Crippen LogP contribution in [0.2, 0.25) is 0 Å². The monoisotopic (exact) mass is 591 g/mol. The highest BCUT2D eigenvalue weighted by Crippen LogP contribution is 2.68. The molecule has 1 heteroatoms. The predicted octanol–water partition coefficient (Wildman–Crippen LogP) is 11.3. The molecule has 0 radical (unpaired) electrons. The highest BCUT2D eigenvalue weighted by atomic mass is 15.2. The van der Waals surface area contributed by atoms with Crippen LogP contribution >= 0.6 is 0 Å². The van der Waals surface area contributed by atoms with Crippen LogP contribution in [-0.4, -0.2) is 6.04 Å². The topological polar surface area (TPSA) is 3.24 Å². The van der Waals surface area contributed by atoms with Gasteiger partial charge in [0, 0.05) is 22.6 Å². The molecule has 4 unspecified atom stereocenters. The molecule has 1 fully saturated rings. The summed E-state index contributed by atoms with van der Waals surface area (Å²) in [5.41, 5.74) is 15.5. The zero-order chi connectivity index (χ0) is 30.8. The van der Waals surface area contributed by atoms with Gasteiger partial charge in [-0.1, -0.05) is 141 Å². The molecule has 1 nitrogen and oxygen atoms in total. The van der Waals surface area contributed by atoms with Crippen LogP contribution in [-0.2, 0) is 5.41 Å². The predicted molar refractivity (Wildman–Crippen MR) is 192 cm³/mol. The molecule has 46 heavy (non-hydrogen) atoms. The normalized spacial score (nSPS) is 25.9. The van der Waals surface area contributed by atoms with Gasteiger partial charge in [0.15, 0.2) is 0 Å². The molecule has 0 saturated heterocycles. The fraction of sp³-hybridized carbons (Fsp3) is 0.200. The van der Waals surface area contributed by atoms with E-state index in [0.717, 1.165) is 6.42 Å². The van der Waals surface area contributed by atoms with Crippen molar-refractivity contribution in [3.05, 3.63) is 167 Å². The van der Waals surface area contributed by atoms with Crippen LogP contribution in [0.3, 0.4) is 0 Å². The molecular formula is C45H37N. The molecule has 1 heterocycles. The van der Waals surface area contributed by atoms with Gasteiger partial charge in [-0.3, -0.25) is 0 Å². The molecule has 0 spiro atoms. The minimum Gasteiger partial charge on any atom is -0.333 e. The van der Waals surface area contributed by atoms with Crippen molar-refractivity contribution in [3.8, 4) is 22.3 Å². The molecule has 4 atom stereocenters. The van der Waals surface area contributed by atoms with Crippen LogP contribution in [0, 0.1) is 17.3 Å². The van der Waals surface area contributed by atoms with Crippen molar-refractivity contribution in [2.24, 2.45) is 17.3 Å². The molecule has 222 valence electrons. The summed E-state index contributed by atoms with van der Waals surface area (Å²) < 4.78 is 0. The molecule has 0 amide bonds. The summed E-state index contributed by atoms with van der Waals surface area (Å²) >= 11 is 0. The molecular weight excluding hydrogens is 555 g/mol. The molecule has 1 saturated carbocycles. The number of hydrogen-bond acceptors (Lipinski definition) is 1. The van der Waals surface area contributed by atoms with E-state index in [0.29, 0.717) is 11.8 Å². The van der Waals surface area contributed by atoms with Gasteiger partial charge >= 0.3 is 0 Å². The highest BCUT2D eigenvalue weighted by molar-refractivity contribution is 6.05. The lowest BCUT2D eigenvalue weighted by Crippen LogP contribution is -2.48. The van der Waals surface area contributed by atoms with Crippen molar-refractivity contribution in [1.82, 2.24) is 0 Å². The van der Waals surface area contributed by atoms with Gasteiger partial charge in [-0.15, -0.1) is 0 Å². The van der Waals surface area contributed by atoms with Crippen LogP contribution in [0.25, 0.3) is 33.0 Å². The first-order valence-corrected chi connectivity index (χ1v) is 16.9. The minimum atomic E-state index is -0.208. The SMILES string of the molecule is CC12C3=C4C(=CCC3N(c3ccc5ccccc5c3-c3ccccc3)c3cccc(c31)-c1ccccc12)C1C=CC=CC1C4(C)C. The van der Waals surface area contributed by atoms with Gasteiger partial charge in [0.05, 0.1) is 11.7 Å². The molecule has 4 aliphatic carbocycles. The number of allylic oxidation sites excluding steroid dienone is 6. The number of hydrogen-bond donors (Lipinski definition) is 0. The van der Waals surface area contributed by atoms with Crippen molar-refractivity contribution < 1.29 is 0 Å². The van der Waals surface area contributed by atoms with Crippen molar-refractivity contribution >= 4 is 22.1 Å². The van der Waals surface area contributed by atoms with E-state index in [4.69, 9.17) is 0 Å². The Balaban J connectivity index is 1.35. The fourth-order valence-electron chi connectivity index (χ4n) is 10.3. The summed E-state index contributed by atoms with van der Waals surface area (Å²) in [6.07, 6.45) is 13.1. The van der Waals surface area contributed by atoms with Crippen molar-refractivity contribution in [3.63, 3.8) is 0 Å². The standard InChI is InChI=1S/C45H37N/c1-44(2)35-21-11-9-18-31(35)34-25-27-39-43(42(34)44)45(3)36-22-12-10-19-32(36)33-20-13-23-38(41(33)45)46(39)37-26-24-28-14-7-8-17-30(28)40(37)29-15-5-4-6-16-29/h4-26,31,35,39H,27H2,1-3H3. The Bertz CT molecular complexity index is 2240. The quantitative estimate of drug-likeness (QED) is 0.197. The van der Waals surface area contributed by atoms with Crippen LogP contribution in [0.5, 0.6) is 0 Å². The lowest BCUT2D eigenvalue weighted by molar-refractivity contribution is 0.327. The molecule has 0 aromatic heterocycles. The van der Waals surface area contributed by atoms with Gasteiger partial charge in [-0.2, -0.15) is 0 Å². The van der Waals surface area contributed by atoms with Crippen LogP contribution < -0.4 is 4.90 Å². The van der Waals surface area contributed by atoms with Gasteiger partial charge in [-0.05, 0) is 92.1 Å².